The molecule has 24 heteroatoms. The summed E-state index contributed by atoms with van der Waals surface area (Å²) in [4.78, 5) is 42.0. The van der Waals surface area contributed by atoms with Gasteiger partial charge in [-0.1, -0.05) is 40.1 Å². The highest BCUT2D eigenvalue weighted by molar-refractivity contribution is 7.22. The summed E-state index contributed by atoms with van der Waals surface area (Å²) in [6, 6.07) is 24.5. The molecule has 20 nitrogen and oxygen atoms in total. The molecule has 0 spiro atoms. The minimum atomic E-state index is -0.349. The van der Waals surface area contributed by atoms with E-state index in [1.54, 1.807) is 67.7 Å². The van der Waals surface area contributed by atoms with Gasteiger partial charge in [0.15, 0.2) is 26.9 Å². The number of aromatic amines is 1. The second-order valence-electron chi connectivity index (χ2n) is 31.1. The monoisotopic (exact) mass is 1370 g/mol. The van der Waals surface area contributed by atoms with Gasteiger partial charge in [-0.2, -0.15) is 15.5 Å². The lowest BCUT2D eigenvalue weighted by molar-refractivity contribution is 0.160. The van der Waals surface area contributed by atoms with E-state index in [4.69, 9.17) is 24.9 Å². The standard InChI is InChI=1S/C25H29N7S.C25H30N6OS.C24H29FN6S/c1-24(2)11-18(12-25(3,4)30-24)32(6)23-28-20-8-7-19(27-22(20)33-23)15-9-16(13-26)21-17(10-15)14-31(5)29-21;1-24(2)11-17(12-25(3,4)30-24)31(5)23-29-20-9-8-19(28-22(20)33-23)18-7-6-15(10-21(18)32)16-13-26-27-14-16;1-14-12-31-13-15(7-17(25)21(31)27-14)18-8-20-19(11-26-18)28-22(32-20)30(6)16-9-23(2,3)29-24(4,5)10-16/h7-10,14,18,30H,11-12H2,1-6H3;6-10,13-14,17,30,32H,11-12H2,1-5H3,(H,26,27);7-8,11-13,16,29H,9-10H2,1-6H3. The number of nitriles is 1. The Bertz CT molecular complexity index is 4960. The topological polar surface area (TPSA) is 231 Å². The zero-order valence-corrected chi connectivity index (χ0v) is 61.5. The molecule has 0 bridgehead atoms. The largest absolute Gasteiger partial charge is 0.507 e. The fourth-order valence-electron chi connectivity index (χ4n) is 15.6. The van der Waals surface area contributed by atoms with Crippen molar-refractivity contribution in [2.75, 3.05) is 35.8 Å². The first-order valence-electron chi connectivity index (χ1n) is 33.4. The van der Waals surface area contributed by atoms with Gasteiger partial charge in [-0.05, 0) is 195 Å². The number of hydrogen-bond acceptors (Lipinski definition) is 20. The third-order valence-corrected chi connectivity index (χ3v) is 22.2. The quantitative estimate of drug-likeness (QED) is 0.0857. The van der Waals surface area contributed by atoms with Gasteiger partial charge in [-0.15, -0.1) is 0 Å². The van der Waals surface area contributed by atoms with Crippen molar-refractivity contribution in [2.45, 2.75) is 180 Å². The zero-order chi connectivity index (χ0) is 69.8. The highest BCUT2D eigenvalue weighted by Gasteiger charge is 2.43. The zero-order valence-electron chi connectivity index (χ0n) is 59.0. The van der Waals surface area contributed by atoms with Gasteiger partial charge in [0.05, 0.1) is 45.4 Å². The Hall–Kier alpha value is -8.57. The van der Waals surface area contributed by atoms with Crippen LogP contribution < -0.4 is 30.7 Å². The number of phenols is 1. The molecule has 12 aromatic rings. The predicted octanol–water partition coefficient (Wildman–Crippen LogP) is 15.3. The van der Waals surface area contributed by atoms with Crippen LogP contribution in [0.4, 0.5) is 19.8 Å². The van der Waals surface area contributed by atoms with E-state index in [1.165, 1.54) is 6.07 Å². The van der Waals surface area contributed by atoms with Gasteiger partial charge in [0.1, 0.15) is 43.5 Å². The van der Waals surface area contributed by atoms with Crippen molar-refractivity contribution in [2.24, 2.45) is 7.05 Å². The van der Waals surface area contributed by atoms with E-state index in [2.05, 4.69) is 166 Å². The molecular weight excluding hydrogens is 1290 g/mol. The van der Waals surface area contributed by atoms with Crippen LogP contribution in [0.1, 0.15) is 133 Å². The lowest BCUT2D eigenvalue weighted by Gasteiger charge is -2.49. The average molecular weight is 1370 g/mol. The Kier molecular flexibility index (Phi) is 17.6. The van der Waals surface area contributed by atoms with Crippen molar-refractivity contribution in [1.82, 2.24) is 75.2 Å². The maximum Gasteiger partial charge on any atom is 0.187 e. The van der Waals surface area contributed by atoms with Crippen molar-refractivity contribution in [1.29, 1.82) is 5.26 Å². The molecular formula is C74H88FN19OS3. The van der Waals surface area contributed by atoms with Crippen molar-refractivity contribution in [3.05, 3.63) is 121 Å². The number of thiazole rings is 3. The molecule has 10 aromatic heterocycles. The summed E-state index contributed by atoms with van der Waals surface area (Å²) in [6.45, 7) is 29.1. The van der Waals surface area contributed by atoms with Crippen LogP contribution >= 0.6 is 34.0 Å². The molecule has 0 unspecified atom stereocenters. The number of H-pyrrole nitrogens is 1. The number of phenolic OH excluding ortho intramolecular Hbond substituents is 1. The molecule has 0 radical (unpaired) electrons. The normalized spacial score (nSPS) is 18.1. The smallest absolute Gasteiger partial charge is 0.187 e. The number of halogens is 1. The second-order valence-corrected chi connectivity index (χ2v) is 34.0. The first-order chi connectivity index (χ1) is 46.1. The molecule has 3 aliphatic rings. The summed E-state index contributed by atoms with van der Waals surface area (Å²) >= 11 is 4.89. The van der Waals surface area contributed by atoms with Crippen molar-refractivity contribution >= 4 is 96.9 Å². The summed E-state index contributed by atoms with van der Waals surface area (Å²) in [5, 5.41) is 46.6. The molecule has 3 fully saturated rings. The number of anilines is 3. The summed E-state index contributed by atoms with van der Waals surface area (Å²) in [7, 11) is 8.29. The van der Waals surface area contributed by atoms with Crippen LogP contribution in [0, 0.1) is 24.1 Å². The molecule has 0 atom stereocenters. The summed E-state index contributed by atoms with van der Waals surface area (Å²) in [6.07, 6.45) is 17.3. The molecule has 0 saturated carbocycles. The molecule has 0 amide bonds. The molecule has 510 valence electrons. The van der Waals surface area contributed by atoms with Crippen LogP contribution in [0.3, 0.4) is 0 Å². The number of fused-ring (bicyclic) bond motifs is 5. The van der Waals surface area contributed by atoms with Crippen LogP contribution in [-0.4, -0.2) is 137 Å². The minimum absolute atomic E-state index is 0.0699. The van der Waals surface area contributed by atoms with E-state index in [9.17, 15) is 14.8 Å². The number of nitrogens with one attached hydrogen (secondary N) is 4. The lowest BCUT2D eigenvalue weighted by Crippen LogP contribution is -2.61. The number of nitrogens with zero attached hydrogens (tertiary/aromatic N) is 15. The van der Waals surface area contributed by atoms with Gasteiger partial charge in [0.25, 0.3) is 0 Å². The first-order valence-corrected chi connectivity index (χ1v) is 35.8. The summed E-state index contributed by atoms with van der Waals surface area (Å²) in [5.41, 5.74) is 12.0. The number of piperidine rings is 3. The van der Waals surface area contributed by atoms with Gasteiger partial charge in [-0.25, -0.2) is 34.3 Å². The molecule has 3 aliphatic heterocycles. The number of imidazole rings is 1. The molecule has 15 rings (SSSR count). The number of hydrogen-bond donors (Lipinski definition) is 5. The predicted molar refractivity (Wildman–Crippen MR) is 398 cm³/mol. The van der Waals surface area contributed by atoms with Crippen molar-refractivity contribution in [3.63, 3.8) is 0 Å². The fraction of sp³-hybridized carbons (Fsp3) is 0.432. The number of aryl methyl sites for hydroxylation is 2. The molecule has 3 saturated heterocycles. The maximum atomic E-state index is 14.6. The van der Waals surface area contributed by atoms with Crippen LogP contribution in [0.15, 0.2) is 104 Å². The van der Waals surface area contributed by atoms with Crippen molar-refractivity contribution < 1.29 is 9.50 Å². The van der Waals surface area contributed by atoms with Gasteiger partial charge in [0.2, 0.25) is 0 Å². The number of rotatable bonds is 10. The molecule has 5 N–H and O–H groups in total. The van der Waals surface area contributed by atoms with Crippen molar-refractivity contribution in [3.8, 4) is 56.7 Å². The highest BCUT2D eigenvalue weighted by atomic mass is 32.1. The molecule has 2 aromatic carbocycles. The first kappa shape index (κ1) is 68.0. The summed E-state index contributed by atoms with van der Waals surface area (Å²) in [5.74, 6) is -0.153. The summed E-state index contributed by atoms with van der Waals surface area (Å²) < 4.78 is 19.1. The van der Waals surface area contributed by atoms with Gasteiger partial charge in [0, 0.05) is 132 Å². The third kappa shape index (κ3) is 14.5. The van der Waals surface area contributed by atoms with E-state index < -0.39 is 0 Å². The van der Waals surface area contributed by atoms with E-state index in [0.29, 0.717) is 34.9 Å². The van der Waals surface area contributed by atoms with E-state index in [0.717, 1.165) is 141 Å². The number of aromatic hydroxyl groups is 1. The number of benzene rings is 2. The van der Waals surface area contributed by atoms with Crippen LogP contribution in [0.2, 0.25) is 0 Å². The van der Waals surface area contributed by atoms with Gasteiger partial charge < -0.3 is 40.2 Å². The molecule has 98 heavy (non-hydrogen) atoms. The number of aromatic nitrogens is 12. The average Bonchev–Trinajstić information content (AvgIpc) is 1.03. The minimum Gasteiger partial charge on any atom is -0.507 e. The SMILES string of the molecule is CN(c1nc2ccc(-c3cc(C#N)c4nn(C)cc4c3)nc2s1)C1CC(C)(C)NC(C)(C)C1.CN(c1nc2ccc(-c3ccc(-c4cn[nH]c4)cc3O)nc2s1)C1CC(C)(C)NC(C)(C)C1.Cc1cn2cc(-c3cc4sc(N(C)C5CC(C)(C)NC(C)(C)C5)nc4cn3)cc(F)c2n1. The lowest BCUT2D eigenvalue weighted by atomic mass is 9.79. The Morgan fingerprint density at radius 1 is 0.561 bits per heavy atom. The third-order valence-electron chi connectivity index (χ3n) is 19.0. The van der Waals surface area contributed by atoms with Crippen LogP contribution in [0.25, 0.3) is 92.4 Å². The maximum absolute atomic E-state index is 14.6. The Labute approximate surface area is 583 Å². The Morgan fingerprint density at radius 2 is 1.09 bits per heavy atom. The molecule has 13 heterocycles. The van der Waals surface area contributed by atoms with Gasteiger partial charge >= 0.3 is 0 Å². The van der Waals surface area contributed by atoms with E-state index >= 15 is 0 Å². The highest BCUT2D eigenvalue weighted by Crippen LogP contribution is 2.42. The second kappa shape index (κ2) is 25.3. The van der Waals surface area contributed by atoms with E-state index in [-0.39, 0.29) is 44.8 Å². The van der Waals surface area contributed by atoms with Crippen LogP contribution in [0.5, 0.6) is 5.75 Å². The fourth-order valence-corrected chi connectivity index (χ4v) is 18.5. The Morgan fingerprint density at radius 3 is 1.62 bits per heavy atom. The number of pyridine rings is 4. The van der Waals surface area contributed by atoms with Gasteiger partial charge in [-0.3, -0.25) is 14.8 Å². The van der Waals surface area contributed by atoms with Crippen LogP contribution in [-0.2, 0) is 7.05 Å². The van der Waals surface area contributed by atoms with E-state index in [1.807, 2.05) is 87.2 Å². The molecule has 0 aliphatic carbocycles. The Balaban J connectivity index is 0.000000132.